The minimum atomic E-state index is -4.86. The lowest BCUT2D eigenvalue weighted by Gasteiger charge is -2.40. The quantitative estimate of drug-likeness (QED) is 0.495. The summed E-state index contributed by atoms with van der Waals surface area (Å²) >= 11 is 0. The minimum absolute atomic E-state index is 0.100. The molecule has 2 aliphatic rings. The number of aliphatic imine (C=N–C) groups is 1. The van der Waals surface area contributed by atoms with E-state index in [0.29, 0.717) is 0 Å². The molecule has 6 nitrogen and oxygen atoms in total. The highest BCUT2D eigenvalue weighted by Crippen LogP contribution is 2.37. The van der Waals surface area contributed by atoms with Crippen molar-refractivity contribution in [3.63, 3.8) is 0 Å². The SMILES string of the molecule is CN=C1N[C@@H]2[C@@H](O)[C@H](O)[C@@H]([C@@H](O)C(F)(F)F)C[C@@H]2O1. The topological polar surface area (TPSA) is 94.3 Å². The van der Waals surface area contributed by atoms with Gasteiger partial charge in [0, 0.05) is 13.0 Å². The molecule has 1 aliphatic carbocycles. The second kappa shape index (κ2) is 4.80. The molecule has 19 heavy (non-hydrogen) atoms. The van der Waals surface area contributed by atoms with Crippen LogP contribution in [0.4, 0.5) is 13.2 Å². The number of nitrogens with zero attached hydrogens (tertiary/aromatic N) is 1. The van der Waals surface area contributed by atoms with Gasteiger partial charge in [-0.1, -0.05) is 0 Å². The van der Waals surface area contributed by atoms with Gasteiger partial charge in [-0.25, -0.2) is 4.99 Å². The molecule has 1 heterocycles. The number of ether oxygens (including phenoxy) is 1. The highest BCUT2D eigenvalue weighted by Gasteiger charge is 2.55. The van der Waals surface area contributed by atoms with Crippen molar-refractivity contribution in [3.8, 4) is 0 Å². The average molecular weight is 284 g/mol. The summed E-state index contributed by atoms with van der Waals surface area (Å²) in [7, 11) is 1.42. The third-order valence-corrected chi connectivity index (χ3v) is 3.56. The van der Waals surface area contributed by atoms with Crippen molar-refractivity contribution < 1.29 is 33.2 Å². The summed E-state index contributed by atoms with van der Waals surface area (Å²) in [5.74, 6) is -1.53. The van der Waals surface area contributed by atoms with Crippen LogP contribution in [0.15, 0.2) is 4.99 Å². The fourth-order valence-corrected chi connectivity index (χ4v) is 2.54. The zero-order valence-corrected chi connectivity index (χ0v) is 10.0. The molecule has 1 aliphatic heterocycles. The van der Waals surface area contributed by atoms with Crippen molar-refractivity contribution in [2.75, 3.05) is 7.05 Å². The maximum atomic E-state index is 12.5. The van der Waals surface area contributed by atoms with Crippen LogP contribution in [-0.2, 0) is 4.74 Å². The van der Waals surface area contributed by atoms with Gasteiger partial charge in [0.05, 0.1) is 12.1 Å². The summed E-state index contributed by atoms with van der Waals surface area (Å²) in [6.45, 7) is 0. The van der Waals surface area contributed by atoms with Crippen LogP contribution in [0.3, 0.4) is 0 Å². The van der Waals surface area contributed by atoms with Gasteiger partial charge in [-0.05, 0) is 6.42 Å². The normalized spacial score (nSPS) is 42.5. The van der Waals surface area contributed by atoms with Gasteiger partial charge in [0.25, 0.3) is 6.02 Å². The molecule has 0 radical (unpaired) electrons. The van der Waals surface area contributed by atoms with Crippen molar-refractivity contribution in [1.82, 2.24) is 5.32 Å². The van der Waals surface area contributed by atoms with Crippen LogP contribution in [0, 0.1) is 5.92 Å². The first-order chi connectivity index (χ1) is 8.75. The minimum Gasteiger partial charge on any atom is -0.460 e. The van der Waals surface area contributed by atoms with E-state index in [1.807, 2.05) is 0 Å². The van der Waals surface area contributed by atoms with E-state index in [4.69, 9.17) is 4.74 Å². The second-order valence-corrected chi connectivity index (χ2v) is 4.72. The van der Waals surface area contributed by atoms with Crippen LogP contribution < -0.4 is 5.32 Å². The zero-order chi connectivity index (χ0) is 14.4. The highest BCUT2D eigenvalue weighted by atomic mass is 19.4. The molecule has 2 fully saturated rings. The third kappa shape index (κ3) is 2.49. The number of amidine groups is 1. The standard InChI is InChI=1S/C10H15F3N2O4/c1-14-9-15-5-4(19-9)2-3(6(16)7(5)17)8(18)10(11,12)13/h3-8,16-18H,2H2,1H3,(H,14,15)/t3-,4-,5-,6+,7+,8+/m0/s1. The fraction of sp³-hybridized carbons (Fsp3) is 0.900. The molecule has 110 valence electrons. The average Bonchev–Trinajstić information content (AvgIpc) is 2.75. The number of hydrogen-bond acceptors (Lipinski definition) is 5. The van der Waals surface area contributed by atoms with Crippen LogP contribution in [0.25, 0.3) is 0 Å². The second-order valence-electron chi connectivity index (χ2n) is 4.72. The van der Waals surface area contributed by atoms with Gasteiger partial charge < -0.3 is 25.4 Å². The van der Waals surface area contributed by atoms with Gasteiger partial charge in [-0.15, -0.1) is 0 Å². The van der Waals surface area contributed by atoms with Crippen molar-refractivity contribution in [3.05, 3.63) is 0 Å². The number of nitrogens with one attached hydrogen (secondary N) is 1. The van der Waals surface area contributed by atoms with Crippen LogP contribution in [-0.4, -0.2) is 65.0 Å². The Morgan fingerprint density at radius 3 is 2.53 bits per heavy atom. The molecule has 0 aromatic rings. The fourth-order valence-electron chi connectivity index (χ4n) is 2.54. The lowest BCUT2D eigenvalue weighted by atomic mass is 9.77. The van der Waals surface area contributed by atoms with Gasteiger partial charge in [-0.3, -0.25) is 0 Å². The molecule has 0 amide bonds. The van der Waals surface area contributed by atoms with Crippen molar-refractivity contribution in [2.24, 2.45) is 10.9 Å². The van der Waals surface area contributed by atoms with Crippen molar-refractivity contribution in [2.45, 2.75) is 43.1 Å². The molecule has 2 rings (SSSR count). The molecular weight excluding hydrogens is 269 g/mol. The summed E-state index contributed by atoms with van der Waals surface area (Å²) in [5.41, 5.74) is 0. The van der Waals surface area contributed by atoms with Gasteiger partial charge in [0.15, 0.2) is 6.10 Å². The maximum Gasteiger partial charge on any atom is 0.414 e. The Labute approximate surface area is 106 Å². The molecule has 4 N–H and O–H groups in total. The number of aliphatic hydroxyl groups is 3. The molecule has 0 bridgehead atoms. The van der Waals surface area contributed by atoms with Crippen LogP contribution >= 0.6 is 0 Å². The lowest BCUT2D eigenvalue weighted by molar-refractivity contribution is -0.243. The molecule has 1 saturated heterocycles. The van der Waals surface area contributed by atoms with Crippen molar-refractivity contribution >= 4 is 6.02 Å². The number of fused-ring (bicyclic) bond motifs is 1. The summed E-state index contributed by atoms with van der Waals surface area (Å²) < 4.78 is 42.7. The van der Waals surface area contributed by atoms with E-state index in [9.17, 15) is 28.5 Å². The molecular formula is C10H15F3N2O4. The van der Waals surface area contributed by atoms with E-state index in [-0.39, 0.29) is 12.4 Å². The molecule has 6 atom stereocenters. The Bertz CT molecular complexity index is 376. The maximum absolute atomic E-state index is 12.5. The lowest BCUT2D eigenvalue weighted by Crippen LogP contribution is -2.59. The largest absolute Gasteiger partial charge is 0.460 e. The first kappa shape index (κ1) is 14.4. The van der Waals surface area contributed by atoms with Gasteiger partial charge in [0.2, 0.25) is 0 Å². The van der Waals surface area contributed by atoms with E-state index >= 15 is 0 Å². The highest BCUT2D eigenvalue weighted by molar-refractivity contribution is 5.76. The van der Waals surface area contributed by atoms with Crippen LogP contribution in [0.5, 0.6) is 0 Å². The van der Waals surface area contributed by atoms with E-state index in [1.54, 1.807) is 0 Å². The number of halogens is 3. The predicted molar refractivity (Wildman–Crippen MR) is 57.3 cm³/mol. The summed E-state index contributed by atoms with van der Waals surface area (Å²) in [5, 5.41) is 31.5. The molecule has 0 aromatic heterocycles. The summed E-state index contributed by atoms with van der Waals surface area (Å²) in [6.07, 6.45) is -11.7. The first-order valence-corrected chi connectivity index (χ1v) is 5.76. The van der Waals surface area contributed by atoms with Gasteiger partial charge in [0.1, 0.15) is 12.2 Å². The Hall–Kier alpha value is -1.06. The number of aliphatic hydroxyl groups excluding tert-OH is 3. The monoisotopic (exact) mass is 284 g/mol. The van der Waals surface area contributed by atoms with E-state index in [1.165, 1.54) is 7.05 Å². The Morgan fingerprint density at radius 2 is 2.00 bits per heavy atom. The summed E-state index contributed by atoms with van der Waals surface area (Å²) in [6, 6.07) is -0.631. The molecule has 0 aromatic carbocycles. The first-order valence-electron chi connectivity index (χ1n) is 5.76. The van der Waals surface area contributed by atoms with Crippen molar-refractivity contribution in [1.29, 1.82) is 0 Å². The van der Waals surface area contributed by atoms with Gasteiger partial charge >= 0.3 is 6.18 Å². The number of rotatable bonds is 1. The Balaban J connectivity index is 2.17. The molecule has 1 saturated carbocycles. The smallest absolute Gasteiger partial charge is 0.414 e. The Kier molecular flexibility index (Phi) is 3.63. The van der Waals surface area contributed by atoms with E-state index < -0.39 is 42.6 Å². The molecule has 0 unspecified atom stereocenters. The van der Waals surface area contributed by atoms with E-state index in [2.05, 4.69) is 10.3 Å². The Morgan fingerprint density at radius 1 is 1.37 bits per heavy atom. The third-order valence-electron chi connectivity index (χ3n) is 3.56. The van der Waals surface area contributed by atoms with Gasteiger partial charge in [-0.2, -0.15) is 13.2 Å². The van der Waals surface area contributed by atoms with E-state index in [0.717, 1.165) is 0 Å². The molecule has 9 heteroatoms. The summed E-state index contributed by atoms with van der Waals surface area (Å²) in [4.78, 5) is 3.70. The van der Waals surface area contributed by atoms with Crippen LogP contribution in [0.2, 0.25) is 0 Å². The molecule has 0 spiro atoms. The number of hydrogen-bond donors (Lipinski definition) is 4. The number of alkyl halides is 3. The zero-order valence-electron chi connectivity index (χ0n) is 10.0. The predicted octanol–water partition coefficient (Wildman–Crippen LogP) is -1.01. The van der Waals surface area contributed by atoms with Crippen LogP contribution in [0.1, 0.15) is 6.42 Å².